The largest absolute Gasteiger partial charge is 0.444 e. The van der Waals surface area contributed by atoms with Crippen LogP contribution in [0.5, 0.6) is 0 Å². The van der Waals surface area contributed by atoms with Gasteiger partial charge in [-0.1, -0.05) is 13.8 Å². The van der Waals surface area contributed by atoms with E-state index in [1.807, 2.05) is 0 Å². The molecule has 1 aromatic carbocycles. The summed E-state index contributed by atoms with van der Waals surface area (Å²) in [4.78, 5) is 13.9. The molecule has 0 bridgehead atoms. The Hall–Kier alpha value is -1.65. The summed E-state index contributed by atoms with van der Waals surface area (Å²) in [6.45, 7) is 9.95. The van der Waals surface area contributed by atoms with Crippen LogP contribution in [0.1, 0.15) is 47.5 Å². The second kappa shape index (κ2) is 9.23. The summed E-state index contributed by atoms with van der Waals surface area (Å²) in [5, 5.41) is -0.760. The molecule has 1 aliphatic heterocycles. The summed E-state index contributed by atoms with van der Waals surface area (Å²) >= 11 is 0. The van der Waals surface area contributed by atoms with E-state index in [9.17, 15) is 21.6 Å². The normalized spacial score (nSPS) is 18.5. The smallest absolute Gasteiger partial charge is 0.410 e. The van der Waals surface area contributed by atoms with Crippen LogP contribution >= 0.6 is 0 Å². The van der Waals surface area contributed by atoms with Crippen molar-refractivity contribution in [3.05, 3.63) is 24.3 Å². The second-order valence-electron chi connectivity index (χ2n) is 8.30. The second-order valence-corrected chi connectivity index (χ2v) is 12.5. The van der Waals surface area contributed by atoms with Gasteiger partial charge in [0, 0.05) is 26.2 Å². The maximum absolute atomic E-state index is 13.1. The van der Waals surface area contributed by atoms with Crippen LogP contribution in [0.25, 0.3) is 0 Å². The van der Waals surface area contributed by atoms with E-state index in [4.69, 9.17) is 4.74 Å². The molecule has 8 nitrogen and oxygen atoms in total. The van der Waals surface area contributed by atoms with Gasteiger partial charge >= 0.3 is 6.09 Å². The predicted octanol–water partition coefficient (Wildman–Crippen LogP) is 2.89. The SMILES string of the molecule is CCN(CC)S(=O)(=O)c1ccc(S(=O)(=O)[C@H]2CCCN(C(=O)OC(C)(C)C)C2)cc1. The summed E-state index contributed by atoms with van der Waals surface area (Å²) in [7, 11) is -7.38. The van der Waals surface area contributed by atoms with E-state index in [2.05, 4.69) is 0 Å². The number of nitrogens with zero attached hydrogens (tertiary/aromatic N) is 2. The zero-order chi connectivity index (χ0) is 22.7. The minimum atomic E-state index is -3.72. The summed E-state index contributed by atoms with van der Waals surface area (Å²) in [6, 6.07) is 5.32. The number of sulfone groups is 1. The molecule has 0 aromatic heterocycles. The van der Waals surface area contributed by atoms with Crippen molar-refractivity contribution in [1.82, 2.24) is 9.21 Å². The molecular formula is C20H32N2O6S2. The van der Waals surface area contributed by atoms with Crippen LogP contribution in [0.3, 0.4) is 0 Å². The van der Waals surface area contributed by atoms with Gasteiger partial charge in [0.25, 0.3) is 0 Å². The van der Waals surface area contributed by atoms with Crippen LogP contribution in [-0.2, 0) is 24.6 Å². The van der Waals surface area contributed by atoms with Crippen LogP contribution in [0.2, 0.25) is 0 Å². The summed E-state index contributed by atoms with van der Waals surface area (Å²) in [5.74, 6) is 0. The van der Waals surface area contributed by atoms with Crippen molar-refractivity contribution in [2.75, 3.05) is 26.2 Å². The summed E-state index contributed by atoms with van der Waals surface area (Å²) < 4.78 is 58.1. The molecule has 1 fully saturated rings. The fourth-order valence-electron chi connectivity index (χ4n) is 3.39. The molecule has 0 radical (unpaired) electrons. The third-order valence-electron chi connectivity index (χ3n) is 4.96. The first-order chi connectivity index (χ1) is 13.8. The van der Waals surface area contributed by atoms with Crippen molar-refractivity contribution >= 4 is 26.0 Å². The number of sulfonamides is 1. The Bertz CT molecular complexity index is 946. The highest BCUT2D eigenvalue weighted by Gasteiger charge is 2.35. The van der Waals surface area contributed by atoms with E-state index in [1.54, 1.807) is 34.6 Å². The van der Waals surface area contributed by atoms with Crippen LogP contribution in [0.4, 0.5) is 4.79 Å². The molecule has 170 valence electrons. The van der Waals surface area contributed by atoms with Gasteiger partial charge in [0.1, 0.15) is 5.60 Å². The van der Waals surface area contributed by atoms with Gasteiger partial charge in [-0.25, -0.2) is 21.6 Å². The zero-order valence-electron chi connectivity index (χ0n) is 18.3. The molecule has 30 heavy (non-hydrogen) atoms. The van der Waals surface area contributed by atoms with Gasteiger partial charge in [-0.2, -0.15) is 4.31 Å². The number of piperidine rings is 1. The van der Waals surface area contributed by atoms with Crippen LogP contribution in [0.15, 0.2) is 34.1 Å². The van der Waals surface area contributed by atoms with Crippen molar-refractivity contribution in [3.63, 3.8) is 0 Å². The highest BCUT2D eigenvalue weighted by atomic mass is 32.2. The van der Waals surface area contributed by atoms with E-state index in [1.165, 1.54) is 33.5 Å². The van der Waals surface area contributed by atoms with E-state index in [-0.39, 0.29) is 16.3 Å². The number of carbonyl (C=O) groups is 1. The molecule has 1 heterocycles. The number of ether oxygens (including phenoxy) is 1. The Morgan fingerprint density at radius 2 is 1.60 bits per heavy atom. The highest BCUT2D eigenvalue weighted by molar-refractivity contribution is 7.92. The molecule has 10 heteroatoms. The molecule has 0 spiro atoms. The third-order valence-corrected chi connectivity index (χ3v) is 9.22. The fourth-order valence-corrected chi connectivity index (χ4v) is 6.60. The molecule has 1 amide bonds. The average molecular weight is 461 g/mol. The number of amides is 1. The van der Waals surface area contributed by atoms with E-state index in [0.717, 1.165) is 0 Å². The monoisotopic (exact) mass is 460 g/mol. The van der Waals surface area contributed by atoms with Gasteiger partial charge in [0.2, 0.25) is 10.0 Å². The van der Waals surface area contributed by atoms with Crippen molar-refractivity contribution in [2.45, 2.75) is 68.1 Å². The predicted molar refractivity (Wildman–Crippen MR) is 115 cm³/mol. The molecule has 2 rings (SSSR count). The maximum Gasteiger partial charge on any atom is 0.410 e. The Morgan fingerprint density at radius 1 is 1.07 bits per heavy atom. The van der Waals surface area contributed by atoms with Gasteiger partial charge in [0.05, 0.1) is 15.0 Å². The molecule has 0 saturated carbocycles. The third kappa shape index (κ3) is 5.53. The van der Waals surface area contributed by atoms with Crippen molar-refractivity contribution in [1.29, 1.82) is 0 Å². The van der Waals surface area contributed by atoms with Gasteiger partial charge in [-0.15, -0.1) is 0 Å². The number of hydrogen-bond donors (Lipinski definition) is 0. The average Bonchev–Trinajstić information content (AvgIpc) is 2.67. The fraction of sp³-hybridized carbons (Fsp3) is 0.650. The van der Waals surface area contributed by atoms with Crippen LogP contribution in [0, 0.1) is 0 Å². The molecule has 0 N–H and O–H groups in total. The number of carbonyl (C=O) groups excluding carboxylic acids is 1. The molecule has 1 atom stereocenters. The minimum Gasteiger partial charge on any atom is -0.444 e. The van der Waals surface area contributed by atoms with Crippen molar-refractivity contribution < 1.29 is 26.4 Å². The number of likely N-dealkylation sites (tertiary alicyclic amines) is 1. The number of rotatable bonds is 6. The van der Waals surface area contributed by atoms with E-state index >= 15 is 0 Å². The van der Waals surface area contributed by atoms with E-state index < -0.39 is 36.8 Å². The topological polar surface area (TPSA) is 101 Å². The first kappa shape index (κ1) is 24.6. The van der Waals surface area contributed by atoms with Crippen LogP contribution < -0.4 is 0 Å². The molecule has 0 aliphatic carbocycles. The number of benzene rings is 1. The Kier molecular flexibility index (Phi) is 7.58. The lowest BCUT2D eigenvalue weighted by molar-refractivity contribution is 0.0219. The highest BCUT2D eigenvalue weighted by Crippen LogP contribution is 2.26. The lowest BCUT2D eigenvalue weighted by Gasteiger charge is -2.33. The van der Waals surface area contributed by atoms with Crippen molar-refractivity contribution in [3.8, 4) is 0 Å². The van der Waals surface area contributed by atoms with Crippen LogP contribution in [-0.4, -0.2) is 69.2 Å². The summed E-state index contributed by atoms with van der Waals surface area (Å²) in [5.41, 5.74) is -0.658. The molecular weight excluding hydrogens is 428 g/mol. The van der Waals surface area contributed by atoms with Gasteiger partial charge in [-0.05, 0) is 57.9 Å². The number of hydrogen-bond acceptors (Lipinski definition) is 6. The van der Waals surface area contributed by atoms with E-state index in [0.29, 0.717) is 32.5 Å². The first-order valence-electron chi connectivity index (χ1n) is 10.1. The molecule has 1 aliphatic rings. The quantitative estimate of drug-likeness (QED) is 0.647. The maximum atomic E-state index is 13.1. The molecule has 0 unspecified atom stereocenters. The van der Waals surface area contributed by atoms with Crippen molar-refractivity contribution in [2.24, 2.45) is 0 Å². The Balaban J connectivity index is 2.22. The summed E-state index contributed by atoms with van der Waals surface area (Å²) in [6.07, 6.45) is 0.460. The lowest BCUT2D eigenvalue weighted by atomic mass is 10.1. The zero-order valence-corrected chi connectivity index (χ0v) is 19.9. The van der Waals surface area contributed by atoms with Gasteiger partial charge in [-0.3, -0.25) is 0 Å². The molecule has 1 saturated heterocycles. The van der Waals surface area contributed by atoms with Gasteiger partial charge < -0.3 is 9.64 Å². The minimum absolute atomic E-state index is 0.0523. The Morgan fingerprint density at radius 3 is 2.10 bits per heavy atom. The first-order valence-corrected chi connectivity index (χ1v) is 13.1. The Labute approximate surface area is 180 Å². The molecule has 1 aromatic rings. The standard InChI is InChI=1S/C20H32N2O6S2/c1-6-22(7-2)30(26,27)17-12-10-16(11-13-17)29(24,25)18-9-8-14-21(15-18)19(23)28-20(3,4)5/h10-13,18H,6-9,14-15H2,1-5H3/t18-/m0/s1. The van der Waals surface area contributed by atoms with Gasteiger partial charge in [0.15, 0.2) is 9.84 Å². The lowest BCUT2D eigenvalue weighted by Crippen LogP contribution is -2.47.